The van der Waals surface area contributed by atoms with E-state index >= 15 is 0 Å². The van der Waals surface area contributed by atoms with Gasteiger partial charge in [0.25, 0.3) is 0 Å². The number of aryl methyl sites for hydroxylation is 1. The van der Waals surface area contributed by atoms with Crippen molar-refractivity contribution in [2.45, 2.75) is 50.8 Å². The van der Waals surface area contributed by atoms with Crippen molar-refractivity contribution in [1.82, 2.24) is 4.98 Å². The number of hydrogen-bond donors (Lipinski definition) is 1. The number of pyridine rings is 1. The highest BCUT2D eigenvalue weighted by Crippen LogP contribution is 2.43. The molecule has 0 radical (unpaired) electrons. The lowest BCUT2D eigenvalue weighted by Gasteiger charge is -2.36. The van der Waals surface area contributed by atoms with Crippen LogP contribution in [0.1, 0.15) is 38.4 Å². The number of fused-ring (bicyclic) bond motifs is 1. The Balaban J connectivity index is 2.03. The Kier molecular flexibility index (Phi) is 6.79. The summed E-state index contributed by atoms with van der Waals surface area (Å²) in [6, 6.07) is 12.1. The number of aromatic nitrogens is 1. The monoisotopic (exact) mass is 462 g/mol. The van der Waals surface area contributed by atoms with Gasteiger partial charge in [-0.25, -0.2) is 4.39 Å². The van der Waals surface area contributed by atoms with Crippen LogP contribution in [-0.2, 0) is 11.8 Å². The van der Waals surface area contributed by atoms with Crippen molar-refractivity contribution in [3.05, 3.63) is 65.6 Å². The van der Waals surface area contributed by atoms with E-state index in [9.17, 15) is 22.7 Å². The van der Waals surface area contributed by atoms with Crippen molar-refractivity contribution in [3.63, 3.8) is 0 Å². The van der Waals surface area contributed by atoms with Crippen LogP contribution in [0.3, 0.4) is 0 Å². The van der Waals surface area contributed by atoms with E-state index in [0.29, 0.717) is 17.1 Å². The normalized spacial score (nSPS) is 14.6. The molecule has 0 aliphatic rings. The lowest BCUT2D eigenvalue weighted by molar-refractivity contribution is -0.234. The second-order valence-corrected chi connectivity index (χ2v) is 8.59. The molecular weight excluding hydrogens is 436 g/mol. The van der Waals surface area contributed by atoms with Gasteiger partial charge in [0, 0.05) is 22.9 Å². The Morgan fingerprint density at radius 3 is 2.45 bits per heavy atom. The molecule has 1 unspecified atom stereocenters. The maximum Gasteiger partial charge on any atom is 0.422 e. The van der Waals surface area contributed by atoms with E-state index in [0.717, 1.165) is 24.2 Å². The molecule has 33 heavy (non-hydrogen) atoms. The molecule has 0 saturated carbocycles. The molecule has 3 aromatic rings. The molecule has 1 aromatic heterocycles. The maximum atomic E-state index is 14.1. The van der Waals surface area contributed by atoms with E-state index in [1.165, 1.54) is 27.0 Å². The van der Waals surface area contributed by atoms with E-state index in [1.807, 2.05) is 6.92 Å². The zero-order valence-electron chi connectivity index (χ0n) is 18.9. The molecule has 4 nitrogen and oxygen atoms in total. The van der Waals surface area contributed by atoms with Gasteiger partial charge >= 0.3 is 6.18 Å². The third-order valence-corrected chi connectivity index (χ3v) is 5.64. The molecule has 0 saturated heterocycles. The molecule has 2 aromatic carbocycles. The van der Waals surface area contributed by atoms with E-state index in [4.69, 9.17) is 4.74 Å². The smallest absolute Gasteiger partial charge is 0.422 e. The predicted octanol–water partition coefficient (Wildman–Crippen LogP) is 6.31. The van der Waals surface area contributed by atoms with Crippen molar-refractivity contribution >= 4 is 22.8 Å². The summed E-state index contributed by atoms with van der Waals surface area (Å²) in [5, 5.41) is 11.3. The molecule has 0 aliphatic carbocycles. The molecular formula is C25H26F4N2O2. The number of hydrogen-bond acceptors (Lipinski definition) is 4. The van der Waals surface area contributed by atoms with Crippen LogP contribution < -0.4 is 4.74 Å². The summed E-state index contributed by atoms with van der Waals surface area (Å²) in [4.78, 5) is 8.49. The molecule has 0 bridgehead atoms. The quantitative estimate of drug-likeness (QED) is 0.331. The number of ether oxygens (including phenoxy) is 1. The fraction of sp³-hybridized carbons (Fsp3) is 0.360. The minimum atomic E-state index is -5.02. The second kappa shape index (κ2) is 9.09. The summed E-state index contributed by atoms with van der Waals surface area (Å²) in [6.45, 7) is 4.93. The minimum absolute atomic E-state index is 0.211. The maximum absolute atomic E-state index is 14.1. The van der Waals surface area contributed by atoms with Gasteiger partial charge in [0.1, 0.15) is 11.6 Å². The Morgan fingerprint density at radius 1 is 1.09 bits per heavy atom. The van der Waals surface area contributed by atoms with E-state index < -0.39 is 29.4 Å². The lowest BCUT2D eigenvalue weighted by Crippen LogP contribution is -2.50. The van der Waals surface area contributed by atoms with Crippen LogP contribution in [-0.4, -0.2) is 35.2 Å². The first kappa shape index (κ1) is 24.6. The molecule has 0 fully saturated rings. The van der Waals surface area contributed by atoms with Crippen LogP contribution in [0.15, 0.2) is 53.5 Å². The standard InChI is InChI=1S/C25H26F4N2O2/c1-5-17-10-11-18-20(7-6-8-21(18)31-17)30-15-24(32,25(27,28)29)14-23(2,3)19-13-16(26)9-12-22(19)33-4/h6-13,15,32H,5,14H2,1-4H3/b30-15+. The Labute approximate surface area is 190 Å². The van der Waals surface area contributed by atoms with E-state index in [1.54, 1.807) is 30.3 Å². The third kappa shape index (κ3) is 5.16. The molecule has 1 atom stereocenters. The number of alkyl halides is 3. The minimum Gasteiger partial charge on any atom is -0.496 e. The number of rotatable bonds is 7. The fourth-order valence-corrected chi connectivity index (χ4v) is 3.86. The summed E-state index contributed by atoms with van der Waals surface area (Å²) < 4.78 is 61.3. The summed E-state index contributed by atoms with van der Waals surface area (Å²) in [6.07, 6.45) is -4.58. The summed E-state index contributed by atoms with van der Waals surface area (Å²) >= 11 is 0. The first-order valence-electron chi connectivity index (χ1n) is 10.5. The van der Waals surface area contributed by atoms with Crippen molar-refractivity contribution in [1.29, 1.82) is 0 Å². The Bertz CT molecular complexity index is 1170. The lowest BCUT2D eigenvalue weighted by atomic mass is 9.74. The average molecular weight is 462 g/mol. The van der Waals surface area contributed by atoms with Gasteiger partial charge in [0.15, 0.2) is 5.60 Å². The first-order valence-corrected chi connectivity index (χ1v) is 10.5. The molecule has 0 aliphatic heterocycles. The number of methoxy groups -OCH3 is 1. The van der Waals surface area contributed by atoms with Crippen LogP contribution in [0.4, 0.5) is 23.2 Å². The summed E-state index contributed by atoms with van der Waals surface area (Å²) in [5.41, 5.74) is -2.66. The fourth-order valence-electron chi connectivity index (χ4n) is 3.86. The van der Waals surface area contributed by atoms with Crippen molar-refractivity contribution in [2.75, 3.05) is 7.11 Å². The third-order valence-electron chi connectivity index (χ3n) is 5.64. The second-order valence-electron chi connectivity index (χ2n) is 8.59. The Hall–Kier alpha value is -3.00. The van der Waals surface area contributed by atoms with Gasteiger partial charge in [-0.2, -0.15) is 13.2 Å². The number of aliphatic hydroxyl groups is 1. The van der Waals surface area contributed by atoms with Crippen molar-refractivity contribution in [3.8, 4) is 5.75 Å². The number of halogens is 4. The van der Waals surface area contributed by atoms with Gasteiger partial charge in [0.2, 0.25) is 0 Å². The van der Waals surface area contributed by atoms with E-state index in [-0.39, 0.29) is 17.0 Å². The predicted molar refractivity (Wildman–Crippen MR) is 121 cm³/mol. The van der Waals surface area contributed by atoms with Gasteiger partial charge < -0.3 is 9.84 Å². The highest BCUT2D eigenvalue weighted by atomic mass is 19.4. The number of aliphatic imine (C=N–C) groups is 1. The van der Waals surface area contributed by atoms with Gasteiger partial charge in [-0.1, -0.05) is 26.8 Å². The van der Waals surface area contributed by atoms with Crippen LogP contribution in [0, 0.1) is 5.82 Å². The number of nitrogens with zero attached hydrogens (tertiary/aromatic N) is 2. The summed E-state index contributed by atoms with van der Waals surface area (Å²) in [7, 11) is 1.35. The molecule has 8 heteroatoms. The molecule has 0 spiro atoms. The topological polar surface area (TPSA) is 54.7 Å². The SMILES string of the molecule is CCc1ccc2c(/N=C/C(O)(CC(C)(C)c3cc(F)ccc3OC)C(F)(F)F)cccc2n1. The van der Waals surface area contributed by atoms with Crippen molar-refractivity contribution in [2.24, 2.45) is 4.99 Å². The van der Waals surface area contributed by atoms with Crippen LogP contribution in [0.2, 0.25) is 0 Å². The van der Waals surface area contributed by atoms with Gasteiger partial charge in [0.05, 0.1) is 18.3 Å². The van der Waals surface area contributed by atoms with Gasteiger partial charge in [-0.3, -0.25) is 9.98 Å². The average Bonchev–Trinajstić information content (AvgIpc) is 2.76. The molecule has 176 valence electrons. The van der Waals surface area contributed by atoms with Crippen LogP contribution in [0.25, 0.3) is 10.9 Å². The summed E-state index contributed by atoms with van der Waals surface area (Å²) in [5.74, 6) is -0.382. The highest BCUT2D eigenvalue weighted by Gasteiger charge is 2.55. The van der Waals surface area contributed by atoms with Gasteiger partial charge in [-0.05, 0) is 60.7 Å². The van der Waals surface area contributed by atoms with Crippen LogP contribution >= 0.6 is 0 Å². The highest BCUT2D eigenvalue weighted by molar-refractivity contribution is 5.92. The van der Waals surface area contributed by atoms with Crippen molar-refractivity contribution < 1.29 is 27.4 Å². The molecule has 3 rings (SSSR count). The first-order chi connectivity index (χ1) is 15.4. The molecule has 1 heterocycles. The van der Waals surface area contributed by atoms with E-state index in [2.05, 4.69) is 9.98 Å². The zero-order chi connectivity index (χ0) is 24.4. The molecule has 0 amide bonds. The largest absolute Gasteiger partial charge is 0.496 e. The Morgan fingerprint density at radius 2 is 1.82 bits per heavy atom. The van der Waals surface area contributed by atoms with Gasteiger partial charge in [-0.15, -0.1) is 0 Å². The molecule has 1 N–H and O–H groups in total. The zero-order valence-corrected chi connectivity index (χ0v) is 18.9. The van der Waals surface area contributed by atoms with Crippen LogP contribution in [0.5, 0.6) is 5.75 Å². The number of benzene rings is 2.